The Bertz CT molecular complexity index is 670. The van der Waals surface area contributed by atoms with E-state index in [1.807, 2.05) is 0 Å². The van der Waals surface area contributed by atoms with Crippen molar-refractivity contribution in [1.82, 2.24) is 9.55 Å². The van der Waals surface area contributed by atoms with Gasteiger partial charge in [0.05, 0.1) is 11.3 Å². The number of thioether (sulfide) groups is 1. The predicted octanol–water partition coefficient (Wildman–Crippen LogP) is 3.07. The van der Waals surface area contributed by atoms with Crippen LogP contribution in [0.5, 0.6) is 0 Å². The molecule has 0 bridgehead atoms. The number of nitrogens with zero attached hydrogens (tertiary/aromatic N) is 2. The maximum absolute atomic E-state index is 13.7. The molecule has 0 fully saturated rings. The molecule has 20 heavy (non-hydrogen) atoms. The second-order valence-electron chi connectivity index (χ2n) is 4.06. The largest absolute Gasteiger partial charge is 0.481 e. The standard InChI is InChI=1S/C13H12F2N2O2S/c1-2-3-4-17-10-6-8(14)5-9(15)12(10)16-13(17)20-7-11(18)19/h2,5-6H,1,3-4,7H2,(H,18,19). The second-order valence-corrected chi connectivity index (χ2v) is 5.00. The third-order valence-electron chi connectivity index (χ3n) is 2.62. The van der Waals surface area contributed by atoms with Crippen LogP contribution >= 0.6 is 11.8 Å². The van der Waals surface area contributed by atoms with Crippen LogP contribution in [0, 0.1) is 11.6 Å². The molecule has 0 atom stereocenters. The van der Waals surface area contributed by atoms with Crippen molar-refractivity contribution in [3.63, 3.8) is 0 Å². The number of aliphatic carboxylic acids is 1. The number of carboxylic acid groups (broad SMARTS) is 1. The first-order valence-electron chi connectivity index (χ1n) is 5.83. The van der Waals surface area contributed by atoms with E-state index in [-0.39, 0.29) is 11.3 Å². The first-order valence-corrected chi connectivity index (χ1v) is 6.82. The minimum absolute atomic E-state index is 0.0448. The number of rotatable bonds is 6. The Kier molecular flexibility index (Phi) is 4.39. The molecular formula is C13H12F2N2O2S. The summed E-state index contributed by atoms with van der Waals surface area (Å²) in [6.45, 7) is 4.03. The number of aryl methyl sites for hydroxylation is 1. The van der Waals surface area contributed by atoms with Crippen LogP contribution in [0.15, 0.2) is 29.9 Å². The number of carboxylic acids is 1. The Morgan fingerprint density at radius 2 is 2.25 bits per heavy atom. The van der Waals surface area contributed by atoms with E-state index in [0.29, 0.717) is 23.6 Å². The summed E-state index contributed by atoms with van der Waals surface area (Å²) in [5, 5.41) is 9.06. The molecule has 7 heteroatoms. The average Bonchev–Trinajstić information content (AvgIpc) is 2.72. The molecule has 106 valence electrons. The molecule has 0 aliphatic carbocycles. The van der Waals surface area contributed by atoms with Crippen molar-refractivity contribution in [3.05, 3.63) is 36.4 Å². The Morgan fingerprint density at radius 1 is 1.50 bits per heavy atom. The molecule has 0 amide bonds. The van der Waals surface area contributed by atoms with E-state index < -0.39 is 17.6 Å². The van der Waals surface area contributed by atoms with E-state index in [9.17, 15) is 13.6 Å². The summed E-state index contributed by atoms with van der Waals surface area (Å²) < 4.78 is 28.6. The van der Waals surface area contributed by atoms with Gasteiger partial charge in [-0.25, -0.2) is 13.8 Å². The Hall–Kier alpha value is -1.89. The summed E-state index contributed by atoms with van der Waals surface area (Å²) in [6, 6.07) is 1.96. The van der Waals surface area contributed by atoms with Gasteiger partial charge in [0.15, 0.2) is 11.0 Å². The Balaban J connectivity index is 2.51. The maximum Gasteiger partial charge on any atom is 0.313 e. The van der Waals surface area contributed by atoms with Crippen molar-refractivity contribution in [1.29, 1.82) is 0 Å². The third-order valence-corrected chi connectivity index (χ3v) is 3.58. The van der Waals surface area contributed by atoms with Gasteiger partial charge in [0, 0.05) is 18.7 Å². The molecule has 2 aromatic rings. The Morgan fingerprint density at radius 3 is 2.90 bits per heavy atom. The molecule has 4 nitrogen and oxygen atoms in total. The normalized spacial score (nSPS) is 10.9. The lowest BCUT2D eigenvalue weighted by Crippen LogP contribution is -2.03. The first-order chi connectivity index (χ1) is 9.52. The molecule has 0 saturated carbocycles. The van der Waals surface area contributed by atoms with E-state index >= 15 is 0 Å². The summed E-state index contributed by atoms with van der Waals surface area (Å²) in [7, 11) is 0. The van der Waals surface area contributed by atoms with Crippen molar-refractivity contribution in [3.8, 4) is 0 Å². The third kappa shape index (κ3) is 2.98. The number of benzene rings is 1. The van der Waals surface area contributed by atoms with Crippen molar-refractivity contribution >= 4 is 28.8 Å². The number of fused-ring (bicyclic) bond motifs is 1. The van der Waals surface area contributed by atoms with Crippen molar-refractivity contribution in [2.75, 3.05) is 5.75 Å². The SMILES string of the molecule is C=CCCn1c(SCC(=O)O)nc2c(F)cc(F)cc21. The fourth-order valence-electron chi connectivity index (χ4n) is 1.80. The minimum atomic E-state index is -0.996. The molecule has 0 radical (unpaired) electrons. The maximum atomic E-state index is 13.7. The highest BCUT2D eigenvalue weighted by atomic mass is 32.2. The van der Waals surface area contributed by atoms with Crippen LogP contribution in [0.2, 0.25) is 0 Å². The zero-order valence-electron chi connectivity index (χ0n) is 10.5. The molecule has 0 unspecified atom stereocenters. The zero-order valence-corrected chi connectivity index (χ0v) is 11.3. The number of hydrogen-bond donors (Lipinski definition) is 1. The smallest absolute Gasteiger partial charge is 0.313 e. The number of imidazole rings is 1. The highest BCUT2D eigenvalue weighted by Crippen LogP contribution is 2.27. The van der Waals surface area contributed by atoms with Crippen molar-refractivity contribution in [2.45, 2.75) is 18.1 Å². The number of allylic oxidation sites excluding steroid dienone is 1. The van der Waals surface area contributed by atoms with E-state index in [0.717, 1.165) is 17.8 Å². The monoisotopic (exact) mass is 298 g/mol. The molecule has 1 aromatic heterocycles. The Labute approximate surface area is 118 Å². The van der Waals surface area contributed by atoms with E-state index in [4.69, 9.17) is 5.11 Å². The highest BCUT2D eigenvalue weighted by molar-refractivity contribution is 7.99. The van der Waals surface area contributed by atoms with Gasteiger partial charge < -0.3 is 9.67 Å². The lowest BCUT2D eigenvalue weighted by Gasteiger charge is -2.06. The number of aromatic nitrogens is 2. The topological polar surface area (TPSA) is 55.1 Å². The molecule has 2 rings (SSSR count). The van der Waals surface area contributed by atoms with Gasteiger partial charge in [0.1, 0.15) is 11.3 Å². The van der Waals surface area contributed by atoms with Crippen LogP contribution in [0.25, 0.3) is 11.0 Å². The molecular weight excluding hydrogens is 286 g/mol. The average molecular weight is 298 g/mol. The van der Waals surface area contributed by atoms with E-state index in [2.05, 4.69) is 11.6 Å². The fourth-order valence-corrected chi connectivity index (χ4v) is 2.55. The second kappa shape index (κ2) is 6.04. The van der Waals surface area contributed by atoms with Crippen molar-refractivity contribution in [2.24, 2.45) is 0 Å². The minimum Gasteiger partial charge on any atom is -0.481 e. The number of hydrogen-bond acceptors (Lipinski definition) is 3. The van der Waals surface area contributed by atoms with Gasteiger partial charge in [-0.05, 0) is 6.42 Å². The zero-order chi connectivity index (χ0) is 14.7. The lowest BCUT2D eigenvalue weighted by atomic mass is 10.3. The quantitative estimate of drug-likeness (QED) is 0.658. The van der Waals surface area contributed by atoms with Crippen LogP contribution in [0.3, 0.4) is 0 Å². The summed E-state index contributed by atoms with van der Waals surface area (Å²) in [6.07, 6.45) is 2.26. The summed E-state index contributed by atoms with van der Waals surface area (Å²) in [5.74, 6) is -2.63. The van der Waals surface area contributed by atoms with Crippen LogP contribution < -0.4 is 0 Å². The van der Waals surface area contributed by atoms with E-state index in [1.54, 1.807) is 10.6 Å². The van der Waals surface area contributed by atoms with Gasteiger partial charge in [-0.1, -0.05) is 17.8 Å². The number of carbonyl (C=O) groups is 1. The van der Waals surface area contributed by atoms with Gasteiger partial charge in [-0.3, -0.25) is 4.79 Å². The molecule has 0 aliphatic rings. The predicted molar refractivity (Wildman–Crippen MR) is 72.8 cm³/mol. The molecule has 1 N–H and O–H groups in total. The van der Waals surface area contributed by atoms with Crippen molar-refractivity contribution < 1.29 is 18.7 Å². The van der Waals surface area contributed by atoms with Gasteiger partial charge >= 0.3 is 5.97 Å². The first kappa shape index (κ1) is 14.5. The number of halogens is 2. The summed E-state index contributed by atoms with van der Waals surface area (Å²) in [5.41, 5.74) is 0.362. The van der Waals surface area contributed by atoms with Gasteiger partial charge in [0.2, 0.25) is 0 Å². The summed E-state index contributed by atoms with van der Waals surface area (Å²) >= 11 is 0.975. The molecule has 0 aliphatic heterocycles. The highest BCUT2D eigenvalue weighted by Gasteiger charge is 2.16. The van der Waals surface area contributed by atoms with Crippen LogP contribution in [-0.4, -0.2) is 26.4 Å². The van der Waals surface area contributed by atoms with E-state index in [1.165, 1.54) is 6.07 Å². The lowest BCUT2D eigenvalue weighted by molar-refractivity contribution is -0.133. The van der Waals surface area contributed by atoms with Gasteiger partial charge in [-0.2, -0.15) is 0 Å². The van der Waals surface area contributed by atoms with Gasteiger partial charge in [-0.15, -0.1) is 6.58 Å². The molecule has 0 spiro atoms. The molecule has 0 saturated heterocycles. The summed E-state index contributed by atoms with van der Waals surface area (Å²) in [4.78, 5) is 14.7. The fraction of sp³-hybridized carbons (Fsp3) is 0.231. The van der Waals surface area contributed by atoms with Crippen LogP contribution in [0.4, 0.5) is 8.78 Å². The van der Waals surface area contributed by atoms with Crippen LogP contribution in [-0.2, 0) is 11.3 Å². The van der Waals surface area contributed by atoms with Crippen LogP contribution in [0.1, 0.15) is 6.42 Å². The van der Waals surface area contributed by atoms with Gasteiger partial charge in [0.25, 0.3) is 0 Å². The molecule has 1 heterocycles. The molecule has 1 aromatic carbocycles.